The van der Waals surface area contributed by atoms with E-state index in [9.17, 15) is 9.18 Å². The molecule has 0 saturated heterocycles. The molecule has 1 aromatic carbocycles. The van der Waals surface area contributed by atoms with Gasteiger partial charge in [-0.3, -0.25) is 9.48 Å². The maximum Gasteiger partial charge on any atom is 0.195 e. The van der Waals surface area contributed by atoms with Crippen LogP contribution < -0.4 is 0 Å². The zero-order chi connectivity index (χ0) is 15.5. The topological polar surface area (TPSA) is 34.9 Å². The maximum atomic E-state index is 12.9. The molecule has 22 heavy (non-hydrogen) atoms. The van der Waals surface area contributed by atoms with Crippen molar-refractivity contribution in [2.45, 2.75) is 0 Å². The Kier molecular flexibility index (Phi) is 3.98. The predicted octanol–water partition coefficient (Wildman–Crippen LogP) is 4.18. The molecule has 0 fully saturated rings. The number of benzene rings is 1. The number of allylic oxidation sites excluding steroid dienone is 1. The Bertz CT molecular complexity index is 830. The minimum Gasteiger partial charge on any atom is -0.288 e. The van der Waals surface area contributed by atoms with Gasteiger partial charge in [0.2, 0.25) is 0 Å². The second-order valence-electron chi connectivity index (χ2n) is 4.82. The number of rotatable bonds is 4. The van der Waals surface area contributed by atoms with E-state index in [0.29, 0.717) is 4.88 Å². The van der Waals surface area contributed by atoms with E-state index in [2.05, 4.69) is 5.10 Å². The first-order valence-electron chi connectivity index (χ1n) is 6.69. The van der Waals surface area contributed by atoms with E-state index in [4.69, 9.17) is 0 Å². The molecule has 3 rings (SSSR count). The summed E-state index contributed by atoms with van der Waals surface area (Å²) in [6, 6.07) is 9.92. The standard InChI is InChI=1S/C17H13FN2OS/c1-20-11-12(10-19-20)2-7-15(21)17-9-8-16(22-17)13-3-5-14(18)6-4-13/h2-11H,1H3/b7-2+. The van der Waals surface area contributed by atoms with Crippen LogP contribution in [-0.4, -0.2) is 15.6 Å². The molecule has 0 saturated carbocycles. The Morgan fingerprint density at radius 3 is 2.68 bits per heavy atom. The average molecular weight is 312 g/mol. The van der Waals surface area contributed by atoms with Crippen LogP contribution in [0.4, 0.5) is 4.39 Å². The highest BCUT2D eigenvalue weighted by molar-refractivity contribution is 7.17. The van der Waals surface area contributed by atoms with Gasteiger partial charge in [0.1, 0.15) is 5.82 Å². The summed E-state index contributed by atoms with van der Waals surface area (Å²) in [4.78, 5) is 13.8. The average Bonchev–Trinajstić information content (AvgIpc) is 3.15. The van der Waals surface area contributed by atoms with Gasteiger partial charge in [0.25, 0.3) is 0 Å². The lowest BCUT2D eigenvalue weighted by atomic mass is 10.2. The van der Waals surface area contributed by atoms with Gasteiger partial charge in [0.15, 0.2) is 5.78 Å². The van der Waals surface area contributed by atoms with Crippen molar-refractivity contribution in [1.29, 1.82) is 0 Å². The predicted molar refractivity (Wildman–Crippen MR) is 86.3 cm³/mol. The summed E-state index contributed by atoms with van der Waals surface area (Å²) in [6.07, 6.45) is 6.81. The van der Waals surface area contributed by atoms with Crippen molar-refractivity contribution in [2.75, 3.05) is 0 Å². The van der Waals surface area contributed by atoms with Gasteiger partial charge in [-0.15, -0.1) is 11.3 Å². The highest BCUT2D eigenvalue weighted by Gasteiger charge is 2.08. The lowest BCUT2D eigenvalue weighted by Crippen LogP contribution is -1.88. The van der Waals surface area contributed by atoms with Crippen LogP contribution in [0.25, 0.3) is 16.5 Å². The Morgan fingerprint density at radius 2 is 2.00 bits per heavy atom. The van der Waals surface area contributed by atoms with E-state index in [1.165, 1.54) is 29.5 Å². The lowest BCUT2D eigenvalue weighted by Gasteiger charge is -1.96. The van der Waals surface area contributed by atoms with Crippen molar-refractivity contribution >= 4 is 23.2 Å². The smallest absolute Gasteiger partial charge is 0.195 e. The fraction of sp³-hybridized carbons (Fsp3) is 0.0588. The second-order valence-corrected chi connectivity index (χ2v) is 5.90. The molecule has 0 N–H and O–H groups in total. The van der Waals surface area contributed by atoms with Crippen molar-refractivity contribution in [3.05, 3.63) is 71.1 Å². The third-order valence-electron chi connectivity index (χ3n) is 3.13. The second kappa shape index (κ2) is 6.07. The third-order valence-corrected chi connectivity index (χ3v) is 4.28. The monoisotopic (exact) mass is 312 g/mol. The van der Waals surface area contributed by atoms with Gasteiger partial charge >= 0.3 is 0 Å². The zero-order valence-electron chi connectivity index (χ0n) is 11.9. The number of aromatic nitrogens is 2. The Morgan fingerprint density at radius 1 is 1.23 bits per heavy atom. The molecule has 0 spiro atoms. The SMILES string of the molecule is Cn1cc(/C=C/C(=O)c2ccc(-c3ccc(F)cc3)s2)cn1. The first kappa shape index (κ1) is 14.4. The molecule has 0 atom stereocenters. The van der Waals surface area contributed by atoms with Crippen LogP contribution in [0.1, 0.15) is 15.2 Å². The number of hydrogen-bond acceptors (Lipinski definition) is 3. The molecule has 0 aliphatic heterocycles. The van der Waals surface area contributed by atoms with Crippen molar-refractivity contribution in [3.63, 3.8) is 0 Å². The van der Waals surface area contributed by atoms with Crippen molar-refractivity contribution in [3.8, 4) is 10.4 Å². The molecule has 0 radical (unpaired) electrons. The van der Waals surface area contributed by atoms with Gasteiger partial charge in [-0.25, -0.2) is 4.39 Å². The number of thiophene rings is 1. The number of nitrogens with zero attached hydrogens (tertiary/aromatic N) is 2. The molecule has 0 bridgehead atoms. The zero-order valence-corrected chi connectivity index (χ0v) is 12.7. The molecule has 0 unspecified atom stereocenters. The van der Waals surface area contributed by atoms with Gasteiger partial charge in [0.05, 0.1) is 11.1 Å². The highest BCUT2D eigenvalue weighted by atomic mass is 32.1. The molecule has 0 aliphatic carbocycles. The van der Waals surface area contributed by atoms with Crippen molar-refractivity contribution < 1.29 is 9.18 Å². The molecular formula is C17H13FN2OS. The molecule has 2 heterocycles. The van der Waals surface area contributed by atoms with Crippen molar-refractivity contribution in [1.82, 2.24) is 9.78 Å². The van der Waals surface area contributed by atoms with E-state index in [-0.39, 0.29) is 11.6 Å². The van der Waals surface area contributed by atoms with Gasteiger partial charge in [-0.1, -0.05) is 12.1 Å². The van der Waals surface area contributed by atoms with Crippen LogP contribution in [0.15, 0.2) is 54.9 Å². The van der Waals surface area contributed by atoms with Crippen LogP contribution in [0.5, 0.6) is 0 Å². The summed E-state index contributed by atoms with van der Waals surface area (Å²) < 4.78 is 14.6. The third kappa shape index (κ3) is 3.20. The van der Waals surface area contributed by atoms with E-state index in [1.807, 2.05) is 19.3 Å². The van der Waals surface area contributed by atoms with Gasteiger partial charge in [-0.2, -0.15) is 5.10 Å². The van der Waals surface area contributed by atoms with E-state index < -0.39 is 0 Å². The first-order valence-corrected chi connectivity index (χ1v) is 7.50. The fourth-order valence-corrected chi connectivity index (χ4v) is 2.95. The van der Waals surface area contributed by atoms with Crippen LogP contribution in [0, 0.1) is 5.82 Å². The van der Waals surface area contributed by atoms with Crippen LogP contribution in [0.2, 0.25) is 0 Å². The van der Waals surface area contributed by atoms with Gasteiger partial charge in [-0.05, 0) is 42.0 Å². The van der Waals surface area contributed by atoms with E-state index in [0.717, 1.165) is 16.0 Å². The summed E-state index contributed by atoms with van der Waals surface area (Å²) in [6.45, 7) is 0. The lowest BCUT2D eigenvalue weighted by molar-refractivity contribution is 0.105. The number of ketones is 1. The molecule has 2 aromatic heterocycles. The maximum absolute atomic E-state index is 12.9. The Hall–Kier alpha value is -2.53. The van der Waals surface area contributed by atoms with Crippen LogP contribution >= 0.6 is 11.3 Å². The minimum atomic E-state index is -0.268. The van der Waals surface area contributed by atoms with Crippen molar-refractivity contribution in [2.24, 2.45) is 7.05 Å². The molecule has 3 nitrogen and oxygen atoms in total. The number of carbonyl (C=O) groups is 1. The Labute approximate surface area is 131 Å². The molecule has 110 valence electrons. The van der Waals surface area contributed by atoms with Crippen LogP contribution in [0.3, 0.4) is 0 Å². The molecule has 0 amide bonds. The fourth-order valence-electron chi connectivity index (χ4n) is 2.02. The molecular weight excluding hydrogens is 299 g/mol. The summed E-state index contributed by atoms with van der Waals surface area (Å²) in [5.41, 5.74) is 1.79. The minimum absolute atomic E-state index is 0.0535. The number of halogens is 1. The van der Waals surface area contributed by atoms with E-state index in [1.54, 1.807) is 35.2 Å². The summed E-state index contributed by atoms with van der Waals surface area (Å²) in [5.74, 6) is -0.321. The Balaban J connectivity index is 1.77. The largest absolute Gasteiger partial charge is 0.288 e. The summed E-state index contributed by atoms with van der Waals surface area (Å²) in [7, 11) is 1.83. The molecule has 3 aromatic rings. The number of aryl methyl sites for hydroxylation is 1. The van der Waals surface area contributed by atoms with Gasteiger partial charge in [0, 0.05) is 23.7 Å². The molecule has 0 aliphatic rings. The molecule has 5 heteroatoms. The summed E-state index contributed by atoms with van der Waals surface area (Å²) >= 11 is 1.40. The van der Waals surface area contributed by atoms with Crippen LogP contribution in [-0.2, 0) is 7.05 Å². The van der Waals surface area contributed by atoms with E-state index >= 15 is 0 Å². The normalized spacial score (nSPS) is 11.2. The quantitative estimate of drug-likeness (QED) is 0.535. The summed E-state index contributed by atoms with van der Waals surface area (Å²) in [5, 5.41) is 4.04. The van der Waals surface area contributed by atoms with Gasteiger partial charge < -0.3 is 0 Å². The number of carbonyl (C=O) groups excluding carboxylic acids is 1. The number of hydrogen-bond donors (Lipinski definition) is 0. The highest BCUT2D eigenvalue weighted by Crippen LogP contribution is 2.28. The first-order chi connectivity index (χ1) is 10.6.